The monoisotopic (exact) mass is 112 g/mol. The Morgan fingerprint density at radius 2 is 2.43 bits per heavy atom. The molecule has 1 heteroatoms. The molecule has 0 bridgehead atoms. The number of rotatable bonds is 0. The Morgan fingerprint density at radius 1 is 1.57 bits per heavy atom. The SMILES string of the molecule is C=C1CC=CCS1. The highest BCUT2D eigenvalue weighted by molar-refractivity contribution is 8.03. The average Bonchev–Trinajstić information content (AvgIpc) is 1.69. The van der Waals surface area contributed by atoms with E-state index in [9.17, 15) is 0 Å². The van der Waals surface area contributed by atoms with Crippen LogP contribution in [0.4, 0.5) is 0 Å². The molecule has 38 valence electrons. The minimum Gasteiger partial charge on any atom is -0.127 e. The van der Waals surface area contributed by atoms with E-state index in [1.165, 1.54) is 4.91 Å². The highest BCUT2D eigenvalue weighted by atomic mass is 32.2. The van der Waals surface area contributed by atoms with Gasteiger partial charge in [0, 0.05) is 5.75 Å². The third kappa shape index (κ3) is 1.39. The zero-order valence-corrected chi connectivity index (χ0v) is 5.00. The smallest absolute Gasteiger partial charge is 0.0157 e. The van der Waals surface area contributed by atoms with Crippen molar-refractivity contribution in [1.29, 1.82) is 0 Å². The lowest BCUT2D eigenvalue weighted by Gasteiger charge is -2.02. The molecule has 0 aliphatic carbocycles. The predicted octanol–water partition coefficient (Wildman–Crippen LogP) is 2.19. The van der Waals surface area contributed by atoms with Gasteiger partial charge in [0.2, 0.25) is 0 Å². The molecule has 0 spiro atoms. The van der Waals surface area contributed by atoms with Crippen LogP contribution >= 0.6 is 11.8 Å². The summed E-state index contributed by atoms with van der Waals surface area (Å²) in [6.45, 7) is 3.83. The molecule has 1 aliphatic rings. The van der Waals surface area contributed by atoms with Crippen molar-refractivity contribution >= 4 is 11.8 Å². The van der Waals surface area contributed by atoms with Gasteiger partial charge < -0.3 is 0 Å². The molecule has 0 N–H and O–H groups in total. The fraction of sp³-hybridized carbons (Fsp3) is 0.333. The summed E-state index contributed by atoms with van der Waals surface area (Å²) in [5, 5.41) is 0. The lowest BCUT2D eigenvalue weighted by Crippen LogP contribution is -1.80. The van der Waals surface area contributed by atoms with Gasteiger partial charge in [0.1, 0.15) is 0 Å². The molecule has 0 atom stereocenters. The first-order valence-corrected chi connectivity index (χ1v) is 3.34. The molecule has 0 nitrogen and oxygen atoms in total. The van der Waals surface area contributed by atoms with Crippen LogP contribution in [0.3, 0.4) is 0 Å². The molecule has 0 unspecified atom stereocenters. The molecular formula is C6H8S. The van der Waals surface area contributed by atoms with Crippen LogP contribution in [-0.2, 0) is 0 Å². The Balaban J connectivity index is 2.47. The predicted molar refractivity (Wildman–Crippen MR) is 35.4 cm³/mol. The van der Waals surface area contributed by atoms with E-state index in [-0.39, 0.29) is 0 Å². The average molecular weight is 112 g/mol. The van der Waals surface area contributed by atoms with Crippen molar-refractivity contribution in [2.75, 3.05) is 5.75 Å². The maximum absolute atomic E-state index is 3.83. The van der Waals surface area contributed by atoms with Gasteiger partial charge in [0.05, 0.1) is 0 Å². The van der Waals surface area contributed by atoms with Gasteiger partial charge in [-0.15, -0.1) is 11.8 Å². The van der Waals surface area contributed by atoms with Crippen LogP contribution < -0.4 is 0 Å². The molecule has 1 aliphatic heterocycles. The Morgan fingerprint density at radius 3 is 2.71 bits per heavy atom. The largest absolute Gasteiger partial charge is 0.127 e. The van der Waals surface area contributed by atoms with Gasteiger partial charge in [-0.2, -0.15) is 0 Å². The van der Waals surface area contributed by atoms with Gasteiger partial charge in [-0.05, 0) is 11.3 Å². The Labute approximate surface area is 48.3 Å². The first-order valence-electron chi connectivity index (χ1n) is 2.35. The summed E-state index contributed by atoms with van der Waals surface area (Å²) in [4.78, 5) is 1.29. The van der Waals surface area contributed by atoms with Crippen LogP contribution in [0.15, 0.2) is 23.6 Å². The van der Waals surface area contributed by atoms with Crippen LogP contribution in [0.25, 0.3) is 0 Å². The van der Waals surface area contributed by atoms with Crippen molar-refractivity contribution in [1.82, 2.24) is 0 Å². The second-order valence-corrected chi connectivity index (χ2v) is 2.72. The maximum atomic E-state index is 3.83. The van der Waals surface area contributed by atoms with Crippen molar-refractivity contribution in [3.63, 3.8) is 0 Å². The van der Waals surface area contributed by atoms with E-state index in [2.05, 4.69) is 18.7 Å². The third-order valence-electron chi connectivity index (χ3n) is 0.896. The molecule has 1 rings (SSSR count). The first-order chi connectivity index (χ1) is 3.39. The third-order valence-corrected chi connectivity index (χ3v) is 1.83. The summed E-state index contributed by atoms with van der Waals surface area (Å²) in [5.74, 6) is 1.12. The van der Waals surface area contributed by atoms with E-state index in [1.54, 1.807) is 0 Å². The van der Waals surface area contributed by atoms with Gasteiger partial charge in [-0.3, -0.25) is 0 Å². The molecule has 0 radical (unpaired) electrons. The standard InChI is InChI=1S/C6H8S/c1-6-4-2-3-5-7-6/h2-3H,1,4-5H2. The lowest BCUT2D eigenvalue weighted by atomic mass is 10.4. The summed E-state index contributed by atoms with van der Waals surface area (Å²) in [5.41, 5.74) is 0. The normalized spacial score (nSPS) is 20.3. The van der Waals surface area contributed by atoms with Gasteiger partial charge in [0.25, 0.3) is 0 Å². The van der Waals surface area contributed by atoms with E-state index < -0.39 is 0 Å². The van der Waals surface area contributed by atoms with E-state index in [4.69, 9.17) is 0 Å². The Bertz CT molecular complexity index is 103. The van der Waals surface area contributed by atoms with Crippen LogP contribution in [0.2, 0.25) is 0 Å². The summed E-state index contributed by atoms with van der Waals surface area (Å²) in [6, 6.07) is 0. The number of hydrogen-bond acceptors (Lipinski definition) is 1. The number of hydrogen-bond donors (Lipinski definition) is 0. The van der Waals surface area contributed by atoms with Crippen molar-refractivity contribution < 1.29 is 0 Å². The van der Waals surface area contributed by atoms with Crippen molar-refractivity contribution in [2.45, 2.75) is 6.42 Å². The Kier molecular flexibility index (Phi) is 1.58. The molecular weight excluding hydrogens is 104 g/mol. The maximum Gasteiger partial charge on any atom is 0.0157 e. The van der Waals surface area contributed by atoms with Crippen LogP contribution in [-0.4, -0.2) is 5.75 Å². The van der Waals surface area contributed by atoms with Crippen molar-refractivity contribution in [3.8, 4) is 0 Å². The highest BCUT2D eigenvalue weighted by Gasteiger charge is 1.93. The molecule has 1 heterocycles. The minimum absolute atomic E-state index is 1.07. The fourth-order valence-electron chi connectivity index (χ4n) is 0.508. The van der Waals surface area contributed by atoms with Crippen LogP contribution in [0.1, 0.15) is 6.42 Å². The molecule has 0 saturated heterocycles. The van der Waals surface area contributed by atoms with Gasteiger partial charge in [-0.25, -0.2) is 0 Å². The van der Waals surface area contributed by atoms with E-state index in [0.717, 1.165) is 12.2 Å². The highest BCUT2D eigenvalue weighted by Crippen LogP contribution is 2.21. The van der Waals surface area contributed by atoms with Crippen LogP contribution in [0.5, 0.6) is 0 Å². The summed E-state index contributed by atoms with van der Waals surface area (Å²) >= 11 is 1.84. The zero-order valence-electron chi connectivity index (χ0n) is 4.18. The molecule has 0 saturated carbocycles. The first kappa shape index (κ1) is 4.98. The molecule has 0 aromatic heterocycles. The lowest BCUT2D eigenvalue weighted by molar-refractivity contribution is 1.34. The Hall–Kier alpha value is -0.170. The van der Waals surface area contributed by atoms with Gasteiger partial charge in [0.15, 0.2) is 0 Å². The molecule has 0 amide bonds. The number of allylic oxidation sites excluding steroid dienone is 2. The molecule has 0 aromatic rings. The summed E-state index contributed by atoms with van der Waals surface area (Å²) in [6.07, 6.45) is 5.42. The summed E-state index contributed by atoms with van der Waals surface area (Å²) in [7, 11) is 0. The van der Waals surface area contributed by atoms with Gasteiger partial charge >= 0.3 is 0 Å². The zero-order chi connectivity index (χ0) is 5.11. The van der Waals surface area contributed by atoms with E-state index in [0.29, 0.717) is 0 Å². The second-order valence-electron chi connectivity index (χ2n) is 1.53. The van der Waals surface area contributed by atoms with Gasteiger partial charge in [-0.1, -0.05) is 18.7 Å². The van der Waals surface area contributed by atoms with Crippen molar-refractivity contribution in [3.05, 3.63) is 23.6 Å². The molecule has 7 heavy (non-hydrogen) atoms. The molecule has 0 fully saturated rings. The number of thioether (sulfide) groups is 1. The topological polar surface area (TPSA) is 0 Å². The van der Waals surface area contributed by atoms with Crippen molar-refractivity contribution in [2.24, 2.45) is 0 Å². The minimum atomic E-state index is 1.07. The van der Waals surface area contributed by atoms with E-state index in [1.807, 2.05) is 11.8 Å². The van der Waals surface area contributed by atoms with E-state index >= 15 is 0 Å². The van der Waals surface area contributed by atoms with Crippen LogP contribution in [0, 0.1) is 0 Å². The fourth-order valence-corrected chi connectivity index (χ4v) is 1.19. The summed E-state index contributed by atoms with van der Waals surface area (Å²) < 4.78 is 0. The second kappa shape index (κ2) is 2.22. The quantitative estimate of drug-likeness (QED) is 0.433. The molecule has 0 aromatic carbocycles.